The number of amides is 2. The Morgan fingerprint density at radius 3 is 2.38 bits per heavy atom. The number of hydrogen-bond acceptors (Lipinski definition) is 5. The largest absolute Gasteiger partial charge is 0.327 e. The van der Waals surface area contributed by atoms with Gasteiger partial charge in [0, 0.05) is 35.7 Å². The van der Waals surface area contributed by atoms with Crippen LogP contribution in [0, 0.1) is 10.1 Å². The second-order valence-corrected chi connectivity index (χ2v) is 10.2. The van der Waals surface area contributed by atoms with E-state index in [1.807, 2.05) is 52.8 Å². The maximum Gasteiger partial charge on any atom is 0.269 e. The average Bonchev–Trinajstić information content (AvgIpc) is 3.25. The maximum atomic E-state index is 13.1. The van der Waals surface area contributed by atoms with Crippen molar-refractivity contribution in [1.82, 2.24) is 14.7 Å². The van der Waals surface area contributed by atoms with Gasteiger partial charge >= 0.3 is 0 Å². The molecule has 2 aromatic carbocycles. The SMILES string of the molecule is CC(C)N(CC(=O)Nc1cc(C(C)(C)C)nn1-c1ccccc1Cl)C(=O)/C=C/c1ccc([N+](=O)[O-])cc1. The number of anilines is 1. The molecule has 1 aromatic heterocycles. The molecule has 0 saturated carbocycles. The zero-order valence-corrected chi connectivity index (χ0v) is 22.2. The standard InChI is InChI=1S/C27H30ClN5O4/c1-18(2)31(26(35)15-12-19-10-13-20(14-11-19)33(36)37)17-25(34)29-24-16-23(27(3,4)5)30-32(24)22-9-7-6-8-21(22)28/h6-16,18H,17H2,1-5H3,(H,29,34)/b15-12+. The second-order valence-electron chi connectivity index (χ2n) is 9.82. The Morgan fingerprint density at radius 2 is 1.81 bits per heavy atom. The number of nitrogens with zero attached hydrogens (tertiary/aromatic N) is 4. The highest BCUT2D eigenvalue weighted by Crippen LogP contribution is 2.29. The fourth-order valence-corrected chi connectivity index (χ4v) is 3.68. The van der Waals surface area contributed by atoms with Crippen LogP contribution >= 0.6 is 11.6 Å². The van der Waals surface area contributed by atoms with Crippen molar-refractivity contribution in [2.24, 2.45) is 0 Å². The van der Waals surface area contributed by atoms with Crippen LogP contribution in [0.15, 0.2) is 60.7 Å². The van der Waals surface area contributed by atoms with E-state index >= 15 is 0 Å². The third-order valence-corrected chi connectivity index (χ3v) is 5.89. The zero-order valence-electron chi connectivity index (χ0n) is 21.4. The number of nitro groups is 1. The molecule has 9 nitrogen and oxygen atoms in total. The highest BCUT2D eigenvalue weighted by Gasteiger charge is 2.24. The summed E-state index contributed by atoms with van der Waals surface area (Å²) >= 11 is 6.40. The fraction of sp³-hybridized carbons (Fsp3) is 0.296. The third kappa shape index (κ3) is 7.04. The summed E-state index contributed by atoms with van der Waals surface area (Å²) in [5.74, 6) is -0.307. The normalized spacial score (nSPS) is 11.6. The van der Waals surface area contributed by atoms with E-state index in [1.54, 1.807) is 35.0 Å². The van der Waals surface area contributed by atoms with Gasteiger partial charge in [0.2, 0.25) is 11.8 Å². The van der Waals surface area contributed by atoms with Crippen LogP contribution in [0.1, 0.15) is 45.9 Å². The van der Waals surface area contributed by atoms with Gasteiger partial charge < -0.3 is 10.2 Å². The summed E-state index contributed by atoms with van der Waals surface area (Å²) < 4.78 is 1.59. The van der Waals surface area contributed by atoms with Gasteiger partial charge in [0.05, 0.1) is 21.3 Å². The van der Waals surface area contributed by atoms with E-state index < -0.39 is 4.92 Å². The van der Waals surface area contributed by atoms with E-state index in [1.165, 1.54) is 23.1 Å². The van der Waals surface area contributed by atoms with Crippen molar-refractivity contribution in [3.63, 3.8) is 0 Å². The molecule has 0 radical (unpaired) electrons. The van der Waals surface area contributed by atoms with Crippen LogP contribution in [0.4, 0.5) is 11.5 Å². The van der Waals surface area contributed by atoms with E-state index in [0.717, 1.165) is 5.69 Å². The monoisotopic (exact) mass is 523 g/mol. The van der Waals surface area contributed by atoms with E-state index in [-0.39, 0.29) is 35.5 Å². The molecule has 0 aliphatic carbocycles. The number of carbonyl (C=O) groups excluding carboxylic acids is 2. The Morgan fingerprint density at radius 1 is 1.16 bits per heavy atom. The molecule has 10 heteroatoms. The summed E-state index contributed by atoms with van der Waals surface area (Å²) in [5, 5.41) is 18.9. The van der Waals surface area contributed by atoms with Crippen molar-refractivity contribution in [2.45, 2.75) is 46.1 Å². The second kappa shape index (κ2) is 11.4. The van der Waals surface area contributed by atoms with Gasteiger partial charge in [0.15, 0.2) is 0 Å². The molecule has 3 aromatic rings. The van der Waals surface area contributed by atoms with E-state index in [9.17, 15) is 19.7 Å². The molecular formula is C27H30ClN5O4. The molecule has 0 atom stereocenters. The van der Waals surface area contributed by atoms with Crippen molar-refractivity contribution in [2.75, 3.05) is 11.9 Å². The minimum atomic E-state index is -0.486. The van der Waals surface area contributed by atoms with Gasteiger partial charge in [-0.05, 0) is 49.8 Å². The first-order valence-electron chi connectivity index (χ1n) is 11.7. The number of non-ortho nitro benzene ring substituents is 1. The minimum absolute atomic E-state index is 0.0328. The molecular weight excluding hydrogens is 494 g/mol. The van der Waals surface area contributed by atoms with E-state index in [0.29, 0.717) is 22.1 Å². The number of hydrogen-bond donors (Lipinski definition) is 1. The molecule has 0 saturated heterocycles. The highest BCUT2D eigenvalue weighted by atomic mass is 35.5. The van der Waals surface area contributed by atoms with Crippen LogP contribution in [-0.4, -0.2) is 44.0 Å². The Bertz CT molecular complexity index is 1320. The smallest absolute Gasteiger partial charge is 0.269 e. The van der Waals surface area contributed by atoms with Gasteiger partial charge in [0.25, 0.3) is 5.69 Å². The number of aromatic nitrogens is 2. The molecule has 0 spiro atoms. The molecule has 1 heterocycles. The molecule has 0 bridgehead atoms. The summed E-state index contributed by atoms with van der Waals surface area (Å²) in [7, 11) is 0. The fourth-order valence-electron chi connectivity index (χ4n) is 3.47. The number of halogens is 1. The lowest BCUT2D eigenvalue weighted by Gasteiger charge is -2.25. The molecule has 0 fully saturated rings. The summed E-state index contributed by atoms with van der Waals surface area (Å²) in [6, 6.07) is 14.6. The van der Waals surface area contributed by atoms with Crippen molar-refractivity contribution < 1.29 is 14.5 Å². The summed E-state index contributed by atoms with van der Waals surface area (Å²) in [4.78, 5) is 37.7. The maximum absolute atomic E-state index is 13.1. The van der Waals surface area contributed by atoms with E-state index in [2.05, 4.69) is 10.4 Å². The van der Waals surface area contributed by atoms with Crippen LogP contribution in [0.2, 0.25) is 5.02 Å². The summed E-state index contributed by atoms with van der Waals surface area (Å²) in [6.07, 6.45) is 2.90. The lowest BCUT2D eigenvalue weighted by Crippen LogP contribution is -2.41. The Labute approximate surface area is 220 Å². The van der Waals surface area contributed by atoms with Crippen molar-refractivity contribution >= 4 is 41.0 Å². The number of para-hydroxylation sites is 1. The Hall–Kier alpha value is -3.98. The van der Waals surface area contributed by atoms with Crippen LogP contribution in [-0.2, 0) is 15.0 Å². The summed E-state index contributed by atoms with van der Waals surface area (Å²) in [6.45, 7) is 9.52. The first kappa shape index (κ1) is 27.6. The van der Waals surface area contributed by atoms with Gasteiger partial charge in [-0.25, -0.2) is 4.68 Å². The van der Waals surface area contributed by atoms with Crippen LogP contribution in [0.25, 0.3) is 11.8 Å². The first-order chi connectivity index (χ1) is 17.4. The van der Waals surface area contributed by atoms with Gasteiger partial charge in [-0.3, -0.25) is 19.7 Å². The molecule has 1 N–H and O–H groups in total. The number of rotatable bonds is 8. The summed E-state index contributed by atoms with van der Waals surface area (Å²) in [5.41, 5.74) is 1.72. The van der Waals surface area contributed by atoms with Crippen LogP contribution in [0.5, 0.6) is 0 Å². The average molecular weight is 524 g/mol. The van der Waals surface area contributed by atoms with E-state index in [4.69, 9.17) is 11.6 Å². The first-order valence-corrected chi connectivity index (χ1v) is 12.1. The zero-order chi connectivity index (χ0) is 27.3. The number of benzene rings is 2. The molecule has 0 aliphatic heterocycles. The molecule has 37 heavy (non-hydrogen) atoms. The third-order valence-electron chi connectivity index (χ3n) is 5.57. The molecule has 194 valence electrons. The quantitative estimate of drug-likeness (QED) is 0.234. The van der Waals surface area contributed by atoms with Gasteiger partial charge in [-0.1, -0.05) is 44.5 Å². The van der Waals surface area contributed by atoms with Crippen LogP contribution in [0.3, 0.4) is 0 Å². The molecule has 0 unspecified atom stereocenters. The molecule has 3 rings (SSSR count). The predicted octanol–water partition coefficient (Wildman–Crippen LogP) is 5.62. The van der Waals surface area contributed by atoms with Gasteiger partial charge in [-0.15, -0.1) is 0 Å². The molecule has 2 amide bonds. The lowest BCUT2D eigenvalue weighted by atomic mass is 9.92. The molecule has 0 aliphatic rings. The number of carbonyl (C=O) groups is 2. The predicted molar refractivity (Wildman–Crippen MR) is 145 cm³/mol. The van der Waals surface area contributed by atoms with Crippen molar-refractivity contribution in [3.05, 3.63) is 87.1 Å². The lowest BCUT2D eigenvalue weighted by molar-refractivity contribution is -0.384. The Kier molecular flexibility index (Phi) is 8.49. The van der Waals surface area contributed by atoms with Crippen molar-refractivity contribution in [1.29, 1.82) is 0 Å². The highest BCUT2D eigenvalue weighted by molar-refractivity contribution is 6.32. The topological polar surface area (TPSA) is 110 Å². The van der Waals surface area contributed by atoms with Crippen LogP contribution < -0.4 is 5.32 Å². The Balaban J connectivity index is 1.79. The van der Waals surface area contributed by atoms with Gasteiger partial charge in [-0.2, -0.15) is 5.10 Å². The minimum Gasteiger partial charge on any atom is -0.327 e. The number of nitro benzene ring substituents is 1. The van der Waals surface area contributed by atoms with Crippen molar-refractivity contribution in [3.8, 4) is 5.69 Å². The number of nitrogens with one attached hydrogen (secondary N) is 1. The van der Waals surface area contributed by atoms with Gasteiger partial charge in [0.1, 0.15) is 12.4 Å².